The predicted molar refractivity (Wildman–Crippen MR) is 95.5 cm³/mol. The van der Waals surface area contributed by atoms with Crippen LogP contribution in [0, 0.1) is 10.1 Å². The SMILES string of the molecule is O=C(N1CC(CCl)c2c1cc([N+](=O)[O-])c1c(S(=O)(=O)Cl)cccc21)C(F)(F)F. The van der Waals surface area contributed by atoms with Gasteiger partial charge in [0.25, 0.3) is 14.7 Å². The molecule has 0 spiro atoms. The minimum absolute atomic E-state index is 0.00551. The van der Waals surface area contributed by atoms with Crippen LogP contribution in [-0.2, 0) is 13.8 Å². The average Bonchev–Trinajstić information content (AvgIpc) is 2.96. The second-order valence-corrected chi connectivity index (χ2v) is 8.81. The molecular formula is C15H9Cl2F3N2O5S. The van der Waals surface area contributed by atoms with E-state index >= 15 is 0 Å². The maximum absolute atomic E-state index is 13.0. The van der Waals surface area contributed by atoms with Gasteiger partial charge in [-0.25, -0.2) is 8.42 Å². The molecule has 1 aliphatic rings. The largest absolute Gasteiger partial charge is 0.471 e. The minimum Gasteiger partial charge on any atom is -0.303 e. The molecule has 1 atom stereocenters. The number of amides is 1. The van der Waals surface area contributed by atoms with Gasteiger partial charge in [-0.15, -0.1) is 11.6 Å². The highest BCUT2D eigenvalue weighted by Gasteiger charge is 2.47. The monoisotopic (exact) mass is 456 g/mol. The van der Waals surface area contributed by atoms with Gasteiger partial charge in [0.15, 0.2) is 0 Å². The van der Waals surface area contributed by atoms with Crippen molar-refractivity contribution in [3.63, 3.8) is 0 Å². The number of non-ortho nitro benzene ring substituents is 1. The van der Waals surface area contributed by atoms with E-state index in [1.54, 1.807) is 0 Å². The Balaban J connectivity index is 2.45. The fourth-order valence-corrected chi connectivity index (χ4v) is 4.66. The molecule has 3 rings (SSSR count). The van der Waals surface area contributed by atoms with Gasteiger partial charge >= 0.3 is 12.1 Å². The van der Waals surface area contributed by atoms with Crippen molar-refractivity contribution in [1.29, 1.82) is 0 Å². The molecule has 2 aromatic rings. The van der Waals surface area contributed by atoms with Crippen molar-refractivity contribution in [2.45, 2.75) is 17.0 Å². The molecule has 0 saturated carbocycles. The number of carbonyl (C=O) groups is 1. The third-order valence-corrected chi connectivity index (χ3v) is 6.09. The van der Waals surface area contributed by atoms with Crippen molar-refractivity contribution in [3.8, 4) is 0 Å². The summed E-state index contributed by atoms with van der Waals surface area (Å²) in [5.41, 5.74) is -1.00. The quantitative estimate of drug-likeness (QED) is 0.301. The van der Waals surface area contributed by atoms with E-state index in [-0.39, 0.29) is 27.9 Å². The molecule has 0 aliphatic carbocycles. The molecule has 0 aromatic heterocycles. The number of fused-ring (bicyclic) bond motifs is 3. The summed E-state index contributed by atoms with van der Waals surface area (Å²) in [5.74, 6) is -3.19. The number of nitro benzene ring substituents is 1. The van der Waals surface area contributed by atoms with Crippen LogP contribution in [0.4, 0.5) is 24.5 Å². The first-order valence-electron chi connectivity index (χ1n) is 7.51. The number of hydrogen-bond donors (Lipinski definition) is 0. The average molecular weight is 457 g/mol. The van der Waals surface area contributed by atoms with Crippen molar-refractivity contribution >= 4 is 59.4 Å². The van der Waals surface area contributed by atoms with E-state index in [9.17, 15) is 36.5 Å². The van der Waals surface area contributed by atoms with Crippen LogP contribution in [0.1, 0.15) is 11.5 Å². The number of nitrogens with zero attached hydrogens (tertiary/aromatic N) is 2. The summed E-state index contributed by atoms with van der Waals surface area (Å²) < 4.78 is 62.7. The Labute approximate surface area is 165 Å². The fraction of sp³-hybridized carbons (Fsp3) is 0.267. The van der Waals surface area contributed by atoms with Crippen LogP contribution in [0.3, 0.4) is 0 Å². The highest BCUT2D eigenvalue weighted by atomic mass is 35.7. The van der Waals surface area contributed by atoms with Crippen LogP contribution >= 0.6 is 22.3 Å². The lowest BCUT2D eigenvalue weighted by Crippen LogP contribution is -2.40. The maximum atomic E-state index is 13.0. The number of anilines is 1. The normalized spacial score (nSPS) is 17.0. The van der Waals surface area contributed by atoms with Crippen LogP contribution in [0.5, 0.6) is 0 Å². The molecule has 0 radical (unpaired) electrons. The van der Waals surface area contributed by atoms with Gasteiger partial charge in [0.1, 0.15) is 0 Å². The molecule has 0 bridgehead atoms. The number of alkyl halides is 4. The molecule has 2 aromatic carbocycles. The summed E-state index contributed by atoms with van der Waals surface area (Å²) >= 11 is 5.85. The van der Waals surface area contributed by atoms with Crippen LogP contribution < -0.4 is 4.90 Å². The van der Waals surface area contributed by atoms with E-state index < -0.39 is 49.1 Å². The zero-order valence-corrected chi connectivity index (χ0v) is 15.9. The van der Waals surface area contributed by atoms with E-state index in [0.717, 1.165) is 12.1 Å². The summed E-state index contributed by atoms with van der Waals surface area (Å²) in [6.45, 7) is -0.453. The van der Waals surface area contributed by atoms with Crippen molar-refractivity contribution in [2.24, 2.45) is 0 Å². The first-order chi connectivity index (χ1) is 12.9. The lowest BCUT2D eigenvalue weighted by Gasteiger charge is -2.19. The van der Waals surface area contributed by atoms with E-state index in [0.29, 0.717) is 4.90 Å². The Morgan fingerprint density at radius 1 is 1.36 bits per heavy atom. The molecule has 150 valence electrons. The Morgan fingerprint density at radius 3 is 2.50 bits per heavy atom. The van der Waals surface area contributed by atoms with Crippen molar-refractivity contribution in [1.82, 2.24) is 0 Å². The summed E-state index contributed by atoms with van der Waals surface area (Å²) in [6, 6.07) is 4.36. The number of nitro groups is 1. The number of rotatable bonds is 3. The topological polar surface area (TPSA) is 97.6 Å². The molecular weight excluding hydrogens is 448 g/mol. The maximum Gasteiger partial charge on any atom is 0.471 e. The zero-order valence-electron chi connectivity index (χ0n) is 13.5. The molecule has 13 heteroatoms. The molecule has 0 N–H and O–H groups in total. The van der Waals surface area contributed by atoms with Gasteiger partial charge in [0.05, 0.1) is 20.9 Å². The second kappa shape index (κ2) is 6.75. The highest BCUT2D eigenvalue weighted by molar-refractivity contribution is 8.14. The summed E-state index contributed by atoms with van der Waals surface area (Å²) in [7, 11) is 0.979. The number of benzene rings is 2. The highest BCUT2D eigenvalue weighted by Crippen LogP contribution is 2.48. The van der Waals surface area contributed by atoms with Gasteiger partial charge in [-0.2, -0.15) is 13.2 Å². The lowest BCUT2D eigenvalue weighted by atomic mass is 9.95. The summed E-state index contributed by atoms with van der Waals surface area (Å²) in [5, 5.41) is 11.2. The minimum atomic E-state index is -5.20. The molecule has 1 unspecified atom stereocenters. The Bertz CT molecular complexity index is 1120. The van der Waals surface area contributed by atoms with Crippen molar-refractivity contribution in [3.05, 3.63) is 39.9 Å². The standard InChI is InChI=1S/C15H9Cl2F3N2O5S/c16-5-7-6-21(14(23)15(18,19)20)9-4-10(22(24)25)13-8(12(7)9)2-1-3-11(13)28(17,26)27/h1-4,7H,5-6H2. The van der Waals surface area contributed by atoms with Crippen LogP contribution in [0.2, 0.25) is 0 Å². The molecule has 0 saturated heterocycles. The van der Waals surface area contributed by atoms with E-state index in [4.69, 9.17) is 22.3 Å². The van der Waals surface area contributed by atoms with Gasteiger partial charge in [0.2, 0.25) is 0 Å². The van der Waals surface area contributed by atoms with Crippen molar-refractivity contribution in [2.75, 3.05) is 17.3 Å². The Kier molecular flexibility index (Phi) is 4.97. The molecule has 1 heterocycles. The van der Waals surface area contributed by atoms with Gasteiger partial charge in [0, 0.05) is 35.1 Å². The van der Waals surface area contributed by atoms with Gasteiger partial charge in [-0.1, -0.05) is 12.1 Å². The van der Waals surface area contributed by atoms with Crippen LogP contribution in [-0.4, -0.2) is 37.8 Å². The number of halogens is 5. The van der Waals surface area contributed by atoms with Gasteiger partial charge in [-0.05, 0) is 17.0 Å². The molecule has 28 heavy (non-hydrogen) atoms. The number of hydrogen-bond acceptors (Lipinski definition) is 5. The van der Waals surface area contributed by atoms with E-state index in [1.165, 1.54) is 12.1 Å². The van der Waals surface area contributed by atoms with Crippen LogP contribution in [0.25, 0.3) is 10.8 Å². The first kappa shape index (κ1) is 20.6. The lowest BCUT2D eigenvalue weighted by molar-refractivity contribution is -0.383. The Hall–Kier alpha value is -2.11. The molecule has 0 fully saturated rings. The zero-order chi connectivity index (χ0) is 21.0. The fourth-order valence-electron chi connectivity index (χ4n) is 3.32. The first-order valence-corrected chi connectivity index (χ1v) is 10.4. The predicted octanol–water partition coefficient (Wildman–Crippen LogP) is 3.91. The van der Waals surface area contributed by atoms with E-state index in [2.05, 4.69) is 0 Å². The van der Waals surface area contributed by atoms with Crippen LogP contribution in [0.15, 0.2) is 29.2 Å². The Morgan fingerprint density at radius 2 is 2.00 bits per heavy atom. The van der Waals surface area contributed by atoms with Gasteiger partial charge in [-0.3, -0.25) is 14.9 Å². The summed E-state index contributed by atoms with van der Waals surface area (Å²) in [6.07, 6.45) is -5.20. The third kappa shape index (κ3) is 3.27. The third-order valence-electron chi connectivity index (χ3n) is 4.36. The second-order valence-electron chi connectivity index (χ2n) is 5.97. The smallest absolute Gasteiger partial charge is 0.303 e. The van der Waals surface area contributed by atoms with Crippen molar-refractivity contribution < 1.29 is 31.3 Å². The van der Waals surface area contributed by atoms with E-state index in [1.807, 2.05) is 0 Å². The molecule has 7 nitrogen and oxygen atoms in total. The number of carbonyl (C=O) groups excluding carboxylic acids is 1. The molecule has 1 aliphatic heterocycles. The molecule has 1 amide bonds. The van der Waals surface area contributed by atoms with Gasteiger partial charge < -0.3 is 4.90 Å². The summed E-state index contributed by atoms with van der Waals surface area (Å²) in [4.78, 5) is 22.2.